The number of rotatable bonds is 5. The molecule has 1 aromatic rings. The first-order valence-corrected chi connectivity index (χ1v) is 7.92. The smallest absolute Gasteiger partial charge is 0.250 e. The molecule has 0 saturated heterocycles. The van der Waals surface area contributed by atoms with Crippen molar-refractivity contribution >= 4 is 28.9 Å². The molecule has 0 aliphatic heterocycles. The van der Waals surface area contributed by atoms with E-state index in [1.165, 1.54) is 19.3 Å². The largest absolute Gasteiger partial charge is 0.399 e. The third kappa shape index (κ3) is 4.90. The summed E-state index contributed by atoms with van der Waals surface area (Å²) in [4.78, 5) is 11.9. The molecule has 4 nitrogen and oxygen atoms in total. The van der Waals surface area contributed by atoms with Gasteiger partial charge in [0.05, 0.1) is 16.8 Å². The van der Waals surface area contributed by atoms with E-state index in [0.717, 1.165) is 18.8 Å². The van der Waals surface area contributed by atoms with Crippen molar-refractivity contribution in [3.8, 4) is 0 Å². The summed E-state index contributed by atoms with van der Waals surface area (Å²) in [5.74, 6) is 0.538. The molecule has 1 aliphatic carbocycles. The van der Waals surface area contributed by atoms with Crippen LogP contribution < -0.4 is 11.1 Å². The third-order valence-electron chi connectivity index (χ3n) is 4.03. The van der Waals surface area contributed by atoms with Crippen LogP contribution in [0.2, 0.25) is 5.02 Å². The predicted molar refractivity (Wildman–Crippen MR) is 86.5 cm³/mol. The monoisotopic (exact) mass is 310 g/mol. The molecule has 1 fully saturated rings. The summed E-state index contributed by atoms with van der Waals surface area (Å²) in [6.45, 7) is 2.27. The van der Waals surface area contributed by atoms with E-state index >= 15 is 0 Å². The van der Waals surface area contributed by atoms with Crippen LogP contribution in [0.3, 0.4) is 0 Å². The average molecular weight is 311 g/mol. The lowest BCUT2D eigenvalue weighted by molar-refractivity contribution is -0.123. The third-order valence-corrected chi connectivity index (χ3v) is 4.36. The Morgan fingerprint density at radius 2 is 2.29 bits per heavy atom. The Labute approximate surface area is 131 Å². The number of nitrogens with two attached hydrogens (primary N) is 1. The number of nitrogen functional groups attached to an aromatic ring is 1. The Kier molecular flexibility index (Phi) is 5.88. The predicted octanol–water partition coefficient (Wildman–Crippen LogP) is 3.85. The van der Waals surface area contributed by atoms with Crippen molar-refractivity contribution in [1.82, 2.24) is 0 Å². The average Bonchev–Trinajstić information content (AvgIpc) is 2.49. The number of nitrogens with one attached hydrogen (secondary N) is 1. The lowest BCUT2D eigenvalue weighted by Crippen LogP contribution is -2.27. The van der Waals surface area contributed by atoms with E-state index in [1.54, 1.807) is 18.2 Å². The zero-order chi connectivity index (χ0) is 15.2. The maximum Gasteiger partial charge on any atom is 0.250 e. The Balaban J connectivity index is 1.80. The zero-order valence-electron chi connectivity index (χ0n) is 12.4. The molecule has 2 atom stereocenters. The van der Waals surface area contributed by atoms with Crippen LogP contribution in [-0.4, -0.2) is 18.6 Å². The molecule has 21 heavy (non-hydrogen) atoms. The highest BCUT2D eigenvalue weighted by atomic mass is 35.5. The van der Waals surface area contributed by atoms with Gasteiger partial charge < -0.3 is 15.8 Å². The van der Waals surface area contributed by atoms with Crippen molar-refractivity contribution in [2.75, 3.05) is 17.7 Å². The van der Waals surface area contributed by atoms with Gasteiger partial charge in [0.1, 0.15) is 6.61 Å². The van der Waals surface area contributed by atoms with Crippen molar-refractivity contribution in [1.29, 1.82) is 0 Å². The van der Waals surface area contributed by atoms with Crippen LogP contribution in [0.5, 0.6) is 0 Å². The van der Waals surface area contributed by atoms with E-state index in [9.17, 15) is 4.79 Å². The number of halogens is 1. The number of hydrogen-bond donors (Lipinski definition) is 2. The topological polar surface area (TPSA) is 64.3 Å². The number of carbonyl (C=O) groups is 1. The molecule has 0 aromatic heterocycles. The van der Waals surface area contributed by atoms with Gasteiger partial charge in [0.2, 0.25) is 5.91 Å². The van der Waals surface area contributed by atoms with Crippen LogP contribution >= 0.6 is 11.6 Å². The summed E-state index contributed by atoms with van der Waals surface area (Å²) in [7, 11) is 0. The minimum Gasteiger partial charge on any atom is -0.399 e. The fraction of sp³-hybridized carbons (Fsp3) is 0.562. The Hall–Kier alpha value is -1.26. The number of anilines is 2. The van der Waals surface area contributed by atoms with Gasteiger partial charge in [0, 0.05) is 5.69 Å². The van der Waals surface area contributed by atoms with Crippen molar-refractivity contribution in [3.05, 3.63) is 23.2 Å². The van der Waals surface area contributed by atoms with Gasteiger partial charge in [-0.05, 0) is 37.0 Å². The number of benzene rings is 1. The number of ether oxygens (including phenoxy) is 1. The summed E-state index contributed by atoms with van der Waals surface area (Å²) in [5, 5.41) is 3.21. The van der Waals surface area contributed by atoms with Crippen LogP contribution in [0.4, 0.5) is 11.4 Å². The van der Waals surface area contributed by atoms with Gasteiger partial charge in [-0.15, -0.1) is 0 Å². The normalized spacial score (nSPS) is 22.0. The highest BCUT2D eigenvalue weighted by Gasteiger charge is 2.22. The second kappa shape index (κ2) is 7.66. The first-order valence-electron chi connectivity index (χ1n) is 7.55. The molecular weight excluding hydrogens is 288 g/mol. The molecule has 0 radical (unpaired) electrons. The minimum atomic E-state index is -0.193. The molecule has 1 aromatic carbocycles. The van der Waals surface area contributed by atoms with Crippen LogP contribution in [-0.2, 0) is 9.53 Å². The van der Waals surface area contributed by atoms with Crippen LogP contribution in [0, 0.1) is 5.92 Å². The molecule has 5 heteroatoms. The SMILES string of the molecule is CCC1CCCC(OCC(=O)Nc2cc(N)ccc2Cl)C1. The summed E-state index contributed by atoms with van der Waals surface area (Å²) < 4.78 is 5.73. The first kappa shape index (κ1) is 16.1. The molecule has 3 N–H and O–H groups in total. The summed E-state index contributed by atoms with van der Waals surface area (Å²) in [6, 6.07) is 5.01. The maximum atomic E-state index is 11.9. The standard InChI is InChI=1S/C16H23ClN2O2/c1-2-11-4-3-5-13(8-11)21-10-16(20)19-15-9-12(18)6-7-14(15)17/h6-7,9,11,13H,2-5,8,10,18H2,1H3,(H,19,20). The van der Waals surface area contributed by atoms with E-state index < -0.39 is 0 Å². The molecule has 116 valence electrons. The second-order valence-corrected chi connectivity index (χ2v) is 6.07. The van der Waals surface area contributed by atoms with Gasteiger partial charge in [-0.3, -0.25) is 4.79 Å². The van der Waals surface area contributed by atoms with Crippen LogP contribution in [0.25, 0.3) is 0 Å². The molecule has 0 heterocycles. The summed E-state index contributed by atoms with van der Waals surface area (Å²) in [6.07, 6.45) is 5.95. The van der Waals surface area contributed by atoms with Crippen molar-refractivity contribution in [2.45, 2.75) is 45.1 Å². The molecule has 1 amide bonds. The number of hydrogen-bond acceptors (Lipinski definition) is 3. The highest BCUT2D eigenvalue weighted by molar-refractivity contribution is 6.33. The lowest BCUT2D eigenvalue weighted by atomic mass is 9.85. The Bertz CT molecular complexity index is 493. The molecule has 0 spiro atoms. The van der Waals surface area contributed by atoms with E-state index in [1.807, 2.05) is 0 Å². The van der Waals surface area contributed by atoms with E-state index in [2.05, 4.69) is 12.2 Å². The van der Waals surface area contributed by atoms with E-state index in [-0.39, 0.29) is 18.6 Å². The first-order chi connectivity index (χ1) is 10.1. The fourth-order valence-corrected chi connectivity index (χ4v) is 2.95. The molecule has 1 saturated carbocycles. The van der Waals surface area contributed by atoms with Crippen molar-refractivity contribution in [2.24, 2.45) is 5.92 Å². The number of carbonyl (C=O) groups excluding carboxylic acids is 1. The van der Waals surface area contributed by atoms with Crippen molar-refractivity contribution < 1.29 is 9.53 Å². The van der Waals surface area contributed by atoms with Gasteiger partial charge >= 0.3 is 0 Å². The van der Waals surface area contributed by atoms with Gasteiger partial charge in [-0.1, -0.05) is 37.8 Å². The molecule has 1 aliphatic rings. The van der Waals surface area contributed by atoms with Crippen LogP contribution in [0.1, 0.15) is 39.0 Å². The summed E-state index contributed by atoms with van der Waals surface area (Å²) in [5.41, 5.74) is 6.78. The quantitative estimate of drug-likeness (QED) is 0.812. The summed E-state index contributed by atoms with van der Waals surface area (Å²) >= 11 is 6.02. The van der Waals surface area contributed by atoms with Gasteiger partial charge in [0.15, 0.2) is 0 Å². The lowest BCUT2D eigenvalue weighted by Gasteiger charge is -2.28. The fourth-order valence-electron chi connectivity index (χ4n) is 2.78. The van der Waals surface area contributed by atoms with Gasteiger partial charge in [-0.25, -0.2) is 0 Å². The Morgan fingerprint density at radius 3 is 3.05 bits per heavy atom. The zero-order valence-corrected chi connectivity index (χ0v) is 13.2. The van der Waals surface area contributed by atoms with Crippen molar-refractivity contribution in [3.63, 3.8) is 0 Å². The Morgan fingerprint density at radius 1 is 1.48 bits per heavy atom. The van der Waals surface area contributed by atoms with Gasteiger partial charge in [0.25, 0.3) is 0 Å². The minimum absolute atomic E-state index is 0.0617. The maximum absolute atomic E-state index is 11.9. The van der Waals surface area contributed by atoms with E-state index in [4.69, 9.17) is 22.1 Å². The number of amides is 1. The highest BCUT2D eigenvalue weighted by Crippen LogP contribution is 2.28. The molecule has 0 bridgehead atoms. The van der Waals surface area contributed by atoms with E-state index in [0.29, 0.717) is 16.4 Å². The molecule has 2 rings (SSSR count). The molecule has 2 unspecified atom stereocenters. The second-order valence-electron chi connectivity index (χ2n) is 5.66. The molecular formula is C16H23ClN2O2. The van der Waals surface area contributed by atoms with Gasteiger partial charge in [-0.2, -0.15) is 0 Å². The van der Waals surface area contributed by atoms with Crippen LogP contribution in [0.15, 0.2) is 18.2 Å².